The fraction of sp³-hybridized carbons (Fsp3) is 0.676. The summed E-state index contributed by atoms with van der Waals surface area (Å²) in [6, 6.07) is 8.31. The van der Waals surface area contributed by atoms with Crippen molar-refractivity contribution in [2.75, 3.05) is 6.61 Å². The van der Waals surface area contributed by atoms with Crippen LogP contribution in [0, 0.1) is 28.6 Å². The fourth-order valence-electron chi connectivity index (χ4n) is 8.87. The highest BCUT2D eigenvalue weighted by Crippen LogP contribution is 2.64. The molecule has 3 saturated carbocycles. The average Bonchev–Trinajstić information content (AvgIpc) is 3.20. The number of hydrogen-bond acceptors (Lipinski definition) is 4. The van der Waals surface area contributed by atoms with Gasteiger partial charge in [0.15, 0.2) is 5.78 Å². The zero-order valence-electron chi connectivity index (χ0n) is 26.0. The van der Waals surface area contributed by atoms with Crippen molar-refractivity contribution >= 4 is 17.8 Å². The Bertz CT molecular complexity index is 1150. The summed E-state index contributed by atoms with van der Waals surface area (Å²) in [5.74, 6) is 2.68. The second-order valence-electron chi connectivity index (χ2n) is 13.9. The number of esters is 1. The Morgan fingerprint density at radius 3 is 2.37 bits per heavy atom. The van der Waals surface area contributed by atoms with Gasteiger partial charge in [-0.1, -0.05) is 83.1 Å². The SMILES string of the molecule is CCCCCCCCCOc1ccc(/C=C2/CC3C4CC=C5CC(OC(C)=O)CCC5(C)C4CCC3(C)C2=O)cc1. The van der Waals surface area contributed by atoms with Crippen LogP contribution < -0.4 is 4.74 Å². The minimum atomic E-state index is -0.247. The molecule has 4 aliphatic carbocycles. The molecule has 4 nitrogen and oxygen atoms in total. The van der Waals surface area contributed by atoms with Crippen LogP contribution in [0.5, 0.6) is 5.75 Å². The average molecular weight is 561 g/mol. The van der Waals surface area contributed by atoms with Gasteiger partial charge >= 0.3 is 5.97 Å². The monoisotopic (exact) mass is 560 g/mol. The Kier molecular flexibility index (Phi) is 9.46. The Morgan fingerprint density at radius 1 is 0.927 bits per heavy atom. The second-order valence-corrected chi connectivity index (χ2v) is 13.9. The van der Waals surface area contributed by atoms with Gasteiger partial charge in [0.25, 0.3) is 0 Å². The zero-order valence-corrected chi connectivity index (χ0v) is 26.0. The normalized spacial score (nSPS) is 33.5. The first-order chi connectivity index (χ1) is 19.7. The van der Waals surface area contributed by atoms with Crippen molar-refractivity contribution in [1.29, 1.82) is 0 Å². The van der Waals surface area contributed by atoms with Crippen molar-refractivity contribution in [3.05, 3.63) is 47.1 Å². The van der Waals surface area contributed by atoms with E-state index in [4.69, 9.17) is 9.47 Å². The van der Waals surface area contributed by atoms with Crippen LogP contribution in [-0.4, -0.2) is 24.5 Å². The Hall–Kier alpha value is -2.36. The van der Waals surface area contributed by atoms with E-state index in [-0.39, 0.29) is 22.9 Å². The largest absolute Gasteiger partial charge is 0.494 e. The molecule has 1 aromatic carbocycles. The van der Waals surface area contributed by atoms with Gasteiger partial charge in [-0.25, -0.2) is 0 Å². The highest BCUT2D eigenvalue weighted by molar-refractivity contribution is 6.06. The lowest BCUT2D eigenvalue weighted by atomic mass is 9.48. The Labute approximate surface area is 248 Å². The van der Waals surface area contributed by atoms with Crippen molar-refractivity contribution in [1.82, 2.24) is 0 Å². The third-order valence-electron chi connectivity index (χ3n) is 11.3. The summed E-state index contributed by atoms with van der Waals surface area (Å²) in [4.78, 5) is 25.4. The van der Waals surface area contributed by atoms with Crippen LogP contribution >= 0.6 is 0 Å². The quantitative estimate of drug-likeness (QED) is 0.117. The lowest BCUT2D eigenvalue weighted by Crippen LogP contribution is -2.50. The molecule has 6 atom stereocenters. The molecule has 1 aromatic rings. The van der Waals surface area contributed by atoms with E-state index >= 15 is 0 Å². The van der Waals surface area contributed by atoms with Gasteiger partial charge in [0.05, 0.1) is 6.61 Å². The van der Waals surface area contributed by atoms with Crippen LogP contribution in [0.3, 0.4) is 0 Å². The molecule has 0 amide bonds. The number of fused-ring (bicyclic) bond motifs is 5. The number of ketones is 1. The van der Waals surface area contributed by atoms with Gasteiger partial charge in [-0.2, -0.15) is 0 Å². The van der Waals surface area contributed by atoms with Crippen molar-refractivity contribution in [2.24, 2.45) is 28.6 Å². The van der Waals surface area contributed by atoms with E-state index in [1.54, 1.807) is 0 Å². The van der Waals surface area contributed by atoms with Crippen molar-refractivity contribution < 1.29 is 19.1 Å². The molecule has 6 unspecified atom stereocenters. The first kappa shape index (κ1) is 30.1. The van der Waals surface area contributed by atoms with E-state index in [0.717, 1.165) is 74.9 Å². The van der Waals surface area contributed by atoms with E-state index in [0.29, 0.717) is 23.5 Å². The number of Topliss-reactive ketones (excluding diaryl/α,β-unsaturated/α-hetero) is 1. The van der Waals surface area contributed by atoms with Crippen LogP contribution in [0.25, 0.3) is 6.08 Å². The molecule has 0 N–H and O–H groups in total. The van der Waals surface area contributed by atoms with E-state index in [1.807, 2.05) is 0 Å². The summed E-state index contributed by atoms with van der Waals surface area (Å²) in [6.45, 7) is 9.25. The molecule has 0 radical (unpaired) electrons. The molecular weight excluding hydrogens is 508 g/mol. The fourth-order valence-corrected chi connectivity index (χ4v) is 8.87. The highest BCUT2D eigenvalue weighted by Gasteiger charge is 2.60. The number of hydrogen-bond donors (Lipinski definition) is 0. The van der Waals surface area contributed by atoms with Crippen molar-refractivity contribution in [3.63, 3.8) is 0 Å². The number of rotatable bonds is 11. The molecule has 0 spiro atoms. The number of benzene rings is 1. The molecule has 0 heterocycles. The molecule has 3 fully saturated rings. The molecule has 4 heteroatoms. The summed E-state index contributed by atoms with van der Waals surface area (Å²) in [5.41, 5.74) is 3.52. The van der Waals surface area contributed by atoms with Crippen molar-refractivity contribution in [2.45, 2.75) is 124 Å². The van der Waals surface area contributed by atoms with Gasteiger partial charge in [-0.05, 0) is 97.5 Å². The lowest BCUT2D eigenvalue weighted by Gasteiger charge is -2.56. The molecule has 0 aromatic heterocycles. The summed E-state index contributed by atoms with van der Waals surface area (Å²) in [6.07, 6.45) is 20.6. The van der Waals surface area contributed by atoms with Crippen LogP contribution in [0.15, 0.2) is 41.5 Å². The molecule has 41 heavy (non-hydrogen) atoms. The van der Waals surface area contributed by atoms with E-state index < -0.39 is 0 Å². The predicted molar refractivity (Wildman–Crippen MR) is 166 cm³/mol. The number of carbonyl (C=O) groups is 2. The molecular formula is C37H52O4. The second kappa shape index (κ2) is 12.9. The molecule has 5 rings (SSSR count). The third-order valence-corrected chi connectivity index (χ3v) is 11.3. The predicted octanol–water partition coefficient (Wildman–Crippen LogP) is 9.27. The van der Waals surface area contributed by atoms with Crippen LogP contribution in [0.2, 0.25) is 0 Å². The number of ether oxygens (including phenoxy) is 2. The van der Waals surface area contributed by atoms with E-state index in [1.165, 1.54) is 51.0 Å². The maximum Gasteiger partial charge on any atom is 0.302 e. The molecule has 0 bridgehead atoms. The minimum Gasteiger partial charge on any atom is -0.494 e. The maximum atomic E-state index is 13.8. The van der Waals surface area contributed by atoms with E-state index in [2.05, 4.69) is 57.2 Å². The summed E-state index contributed by atoms with van der Waals surface area (Å²) in [5, 5.41) is 0. The zero-order chi connectivity index (χ0) is 29.0. The highest BCUT2D eigenvalue weighted by atomic mass is 16.5. The first-order valence-electron chi connectivity index (χ1n) is 16.6. The van der Waals surface area contributed by atoms with Gasteiger partial charge in [-0.3, -0.25) is 9.59 Å². The summed E-state index contributed by atoms with van der Waals surface area (Å²) >= 11 is 0. The minimum absolute atomic E-state index is 0.0249. The number of allylic oxidation sites excluding steroid dienone is 2. The van der Waals surface area contributed by atoms with Crippen LogP contribution in [0.4, 0.5) is 0 Å². The van der Waals surface area contributed by atoms with Gasteiger partial charge in [-0.15, -0.1) is 0 Å². The Morgan fingerprint density at radius 2 is 1.63 bits per heavy atom. The van der Waals surface area contributed by atoms with Crippen LogP contribution in [0.1, 0.15) is 123 Å². The third kappa shape index (κ3) is 6.37. The van der Waals surface area contributed by atoms with E-state index in [9.17, 15) is 9.59 Å². The van der Waals surface area contributed by atoms with Crippen molar-refractivity contribution in [3.8, 4) is 5.75 Å². The number of carbonyl (C=O) groups excluding carboxylic acids is 2. The first-order valence-corrected chi connectivity index (χ1v) is 16.6. The summed E-state index contributed by atoms with van der Waals surface area (Å²) in [7, 11) is 0. The van der Waals surface area contributed by atoms with Gasteiger partial charge in [0.1, 0.15) is 11.9 Å². The lowest BCUT2D eigenvalue weighted by molar-refractivity contribution is -0.148. The number of unbranched alkanes of at least 4 members (excludes halogenated alkanes) is 6. The summed E-state index contributed by atoms with van der Waals surface area (Å²) < 4.78 is 11.6. The van der Waals surface area contributed by atoms with Crippen LogP contribution in [-0.2, 0) is 14.3 Å². The molecule has 4 aliphatic rings. The Balaban J connectivity index is 1.20. The topological polar surface area (TPSA) is 52.6 Å². The maximum absolute atomic E-state index is 13.8. The van der Waals surface area contributed by atoms with Gasteiger partial charge in [0, 0.05) is 18.8 Å². The smallest absolute Gasteiger partial charge is 0.302 e. The molecule has 0 aliphatic heterocycles. The molecule has 224 valence electrons. The standard InChI is InChI=1S/C37H52O4/c1-5-6-7-8-9-10-11-22-40-30-15-12-27(13-16-30)23-28-24-34-32-17-14-29-25-31(41-26(2)38)18-20-36(29,3)33(32)19-21-37(34,4)35(28)39/h12-16,23,31-34H,5-11,17-22,24-25H2,1-4H3/b28-23-. The van der Waals surface area contributed by atoms with Gasteiger partial charge < -0.3 is 9.47 Å². The van der Waals surface area contributed by atoms with Gasteiger partial charge in [0.2, 0.25) is 0 Å². The molecule has 0 saturated heterocycles.